The highest BCUT2D eigenvalue weighted by atomic mass is 16.6. The third kappa shape index (κ3) is 4.09. The van der Waals surface area contributed by atoms with E-state index in [0.29, 0.717) is 5.69 Å². The van der Waals surface area contributed by atoms with Crippen LogP contribution in [0.25, 0.3) is 11.0 Å². The van der Waals surface area contributed by atoms with Gasteiger partial charge in [-0.2, -0.15) is 0 Å². The summed E-state index contributed by atoms with van der Waals surface area (Å²) in [6.45, 7) is 0. The van der Waals surface area contributed by atoms with Crippen molar-refractivity contribution < 1.29 is 9.72 Å². The van der Waals surface area contributed by atoms with Gasteiger partial charge in [-0.3, -0.25) is 14.9 Å². The number of hydrogen-bond donors (Lipinski definition) is 2. The fraction of sp³-hybridized carbons (Fsp3) is 0.130. The fourth-order valence-corrected chi connectivity index (χ4v) is 3.54. The van der Waals surface area contributed by atoms with Crippen LogP contribution in [0.1, 0.15) is 27.5 Å². The number of imidazole rings is 1. The molecule has 156 valence electrons. The second kappa shape index (κ2) is 8.27. The van der Waals surface area contributed by atoms with Crippen LogP contribution >= 0.6 is 0 Å². The van der Waals surface area contributed by atoms with Crippen molar-refractivity contribution >= 4 is 28.3 Å². The van der Waals surface area contributed by atoms with Gasteiger partial charge < -0.3 is 15.2 Å². The molecule has 0 aliphatic carbocycles. The van der Waals surface area contributed by atoms with Crippen LogP contribution in [0.4, 0.5) is 11.4 Å². The fourth-order valence-electron chi connectivity index (χ4n) is 3.54. The Bertz CT molecular complexity index is 1250. The number of nitrogens with zero attached hydrogens (tertiary/aromatic N) is 3. The molecule has 0 saturated heterocycles. The van der Waals surface area contributed by atoms with Gasteiger partial charge in [0.15, 0.2) is 0 Å². The van der Waals surface area contributed by atoms with Crippen LogP contribution < -0.4 is 10.2 Å². The molecule has 1 amide bonds. The highest BCUT2D eigenvalue weighted by Crippen LogP contribution is 2.29. The van der Waals surface area contributed by atoms with E-state index in [0.717, 1.165) is 22.2 Å². The average molecular weight is 415 g/mol. The molecule has 1 atom stereocenters. The van der Waals surface area contributed by atoms with Crippen molar-refractivity contribution in [2.45, 2.75) is 6.04 Å². The summed E-state index contributed by atoms with van der Waals surface area (Å²) in [6.07, 6.45) is 1.62. The van der Waals surface area contributed by atoms with E-state index < -0.39 is 16.9 Å². The van der Waals surface area contributed by atoms with E-state index >= 15 is 0 Å². The lowest BCUT2D eigenvalue weighted by Crippen LogP contribution is -2.29. The number of carbonyl (C=O) groups is 1. The maximum Gasteiger partial charge on any atom is 0.293 e. The number of rotatable bonds is 6. The molecule has 4 aromatic rings. The molecule has 31 heavy (non-hydrogen) atoms. The molecule has 0 spiro atoms. The van der Waals surface area contributed by atoms with E-state index in [-0.39, 0.29) is 11.3 Å². The summed E-state index contributed by atoms with van der Waals surface area (Å²) in [4.78, 5) is 33.1. The molecular weight excluding hydrogens is 394 g/mol. The van der Waals surface area contributed by atoms with Gasteiger partial charge >= 0.3 is 0 Å². The Labute approximate surface area is 178 Å². The van der Waals surface area contributed by atoms with Crippen LogP contribution in [0, 0.1) is 10.1 Å². The maximum absolute atomic E-state index is 13.1. The predicted octanol–water partition coefficient (Wildman–Crippen LogP) is 4.06. The number of carbonyl (C=O) groups excluding carboxylic acids is 1. The van der Waals surface area contributed by atoms with E-state index in [1.807, 2.05) is 48.5 Å². The molecule has 8 heteroatoms. The Morgan fingerprint density at radius 1 is 1.06 bits per heavy atom. The summed E-state index contributed by atoms with van der Waals surface area (Å²) in [6, 6.07) is 19.4. The molecule has 0 aliphatic rings. The number of hydrogen-bond acceptors (Lipinski definition) is 5. The highest BCUT2D eigenvalue weighted by Gasteiger charge is 2.22. The number of anilines is 1. The first-order valence-electron chi connectivity index (χ1n) is 9.68. The topological polar surface area (TPSA) is 104 Å². The second-order valence-electron chi connectivity index (χ2n) is 7.35. The first kappa shape index (κ1) is 20.1. The minimum absolute atomic E-state index is 0.118. The zero-order valence-corrected chi connectivity index (χ0v) is 17.1. The quantitative estimate of drug-likeness (QED) is 0.365. The number of H-pyrrole nitrogens is 1. The van der Waals surface area contributed by atoms with Crippen LogP contribution in [0.2, 0.25) is 0 Å². The van der Waals surface area contributed by atoms with Crippen molar-refractivity contribution in [3.05, 3.63) is 99.9 Å². The van der Waals surface area contributed by atoms with Gasteiger partial charge in [0.25, 0.3) is 11.6 Å². The number of aromatic amines is 1. The predicted molar refractivity (Wildman–Crippen MR) is 119 cm³/mol. The largest absolute Gasteiger partial charge is 0.372 e. The Balaban J connectivity index is 1.71. The van der Waals surface area contributed by atoms with Gasteiger partial charge in [-0.25, -0.2) is 4.98 Å². The lowest BCUT2D eigenvalue weighted by atomic mass is 9.97. The van der Waals surface area contributed by atoms with Crippen molar-refractivity contribution in [3.8, 4) is 0 Å². The van der Waals surface area contributed by atoms with Crippen molar-refractivity contribution in [2.75, 3.05) is 19.0 Å². The van der Waals surface area contributed by atoms with Gasteiger partial charge in [-0.05, 0) is 35.4 Å². The molecule has 1 heterocycles. The van der Waals surface area contributed by atoms with Crippen molar-refractivity contribution in [2.24, 2.45) is 0 Å². The normalized spacial score (nSPS) is 11.8. The number of aromatic nitrogens is 2. The molecule has 0 fully saturated rings. The minimum Gasteiger partial charge on any atom is -0.372 e. The van der Waals surface area contributed by atoms with Crippen LogP contribution in [-0.4, -0.2) is 34.9 Å². The van der Waals surface area contributed by atoms with Gasteiger partial charge in [0, 0.05) is 25.7 Å². The molecule has 0 aliphatic heterocycles. The summed E-state index contributed by atoms with van der Waals surface area (Å²) in [5, 5.41) is 14.5. The molecule has 1 unspecified atom stereocenters. The SMILES string of the molecule is CN(C)c1ccc(C(=O)NC(c2ccccc2)c2ccc3nc[nH]c3c2)cc1[N+](=O)[O-]. The van der Waals surface area contributed by atoms with E-state index in [1.165, 1.54) is 6.07 Å². The number of amides is 1. The van der Waals surface area contributed by atoms with Crippen LogP contribution in [0.5, 0.6) is 0 Å². The van der Waals surface area contributed by atoms with Crippen LogP contribution in [0.15, 0.2) is 73.1 Å². The molecule has 0 radical (unpaired) electrons. The second-order valence-corrected chi connectivity index (χ2v) is 7.35. The Kier molecular flexibility index (Phi) is 5.36. The number of benzene rings is 3. The van der Waals surface area contributed by atoms with E-state index in [1.54, 1.807) is 37.5 Å². The van der Waals surface area contributed by atoms with Gasteiger partial charge in [-0.15, -0.1) is 0 Å². The summed E-state index contributed by atoms with van der Waals surface area (Å²) < 4.78 is 0. The zero-order valence-electron chi connectivity index (χ0n) is 17.1. The van der Waals surface area contributed by atoms with Crippen LogP contribution in [0.3, 0.4) is 0 Å². The highest BCUT2D eigenvalue weighted by molar-refractivity contribution is 5.96. The first-order valence-corrected chi connectivity index (χ1v) is 9.68. The number of nitro benzene ring substituents is 1. The average Bonchev–Trinajstić information content (AvgIpc) is 3.25. The summed E-state index contributed by atoms with van der Waals surface area (Å²) in [5.74, 6) is -0.396. The van der Waals surface area contributed by atoms with Gasteiger partial charge in [0.05, 0.1) is 28.3 Å². The zero-order chi connectivity index (χ0) is 22.0. The number of nitro groups is 1. The third-order valence-corrected chi connectivity index (χ3v) is 5.10. The van der Waals surface area contributed by atoms with Crippen molar-refractivity contribution in [3.63, 3.8) is 0 Å². The molecule has 8 nitrogen and oxygen atoms in total. The molecule has 0 saturated carbocycles. The maximum atomic E-state index is 13.1. The molecule has 2 N–H and O–H groups in total. The Morgan fingerprint density at radius 3 is 2.55 bits per heavy atom. The molecule has 3 aromatic carbocycles. The summed E-state index contributed by atoms with van der Waals surface area (Å²) in [5.41, 5.74) is 4.00. The van der Waals surface area contributed by atoms with Gasteiger partial charge in [-0.1, -0.05) is 36.4 Å². The van der Waals surface area contributed by atoms with Crippen molar-refractivity contribution in [1.82, 2.24) is 15.3 Å². The Morgan fingerprint density at radius 2 is 1.84 bits per heavy atom. The first-order chi connectivity index (χ1) is 14.9. The van der Waals surface area contributed by atoms with E-state index in [9.17, 15) is 14.9 Å². The van der Waals surface area contributed by atoms with Crippen LogP contribution in [-0.2, 0) is 0 Å². The number of fused-ring (bicyclic) bond motifs is 1. The molecule has 4 rings (SSSR count). The minimum atomic E-state index is -0.479. The van der Waals surface area contributed by atoms with E-state index in [4.69, 9.17) is 0 Å². The van der Waals surface area contributed by atoms with E-state index in [2.05, 4.69) is 15.3 Å². The van der Waals surface area contributed by atoms with Crippen molar-refractivity contribution in [1.29, 1.82) is 0 Å². The molecule has 0 bridgehead atoms. The Hall–Kier alpha value is -4.20. The lowest BCUT2D eigenvalue weighted by Gasteiger charge is -2.20. The monoisotopic (exact) mass is 415 g/mol. The van der Waals surface area contributed by atoms with Gasteiger partial charge in [0.2, 0.25) is 0 Å². The molecule has 1 aromatic heterocycles. The number of nitrogens with one attached hydrogen (secondary N) is 2. The lowest BCUT2D eigenvalue weighted by molar-refractivity contribution is -0.384. The third-order valence-electron chi connectivity index (χ3n) is 5.10. The standard InChI is InChI=1S/C23H21N5O3/c1-27(2)20-11-9-17(13-21(20)28(30)31)23(29)26-22(15-6-4-3-5-7-15)16-8-10-18-19(12-16)25-14-24-18/h3-14,22H,1-2H3,(H,24,25)(H,26,29). The summed E-state index contributed by atoms with van der Waals surface area (Å²) in [7, 11) is 3.44. The van der Waals surface area contributed by atoms with Gasteiger partial charge in [0.1, 0.15) is 5.69 Å². The molecular formula is C23H21N5O3. The smallest absolute Gasteiger partial charge is 0.293 e. The summed E-state index contributed by atoms with van der Waals surface area (Å²) >= 11 is 0.